The van der Waals surface area contributed by atoms with Gasteiger partial charge < -0.3 is 20.7 Å². The highest BCUT2D eigenvalue weighted by Gasteiger charge is 2.24. The SMILES string of the molecule is CC1Oc2ccc(NC(=O)CC(C)C3CCNCC3)cc2NC1=O. The average molecular weight is 331 g/mol. The van der Waals surface area contributed by atoms with Crippen LogP contribution in [0.5, 0.6) is 5.75 Å². The van der Waals surface area contributed by atoms with Gasteiger partial charge in [0, 0.05) is 12.1 Å². The van der Waals surface area contributed by atoms with Crippen molar-refractivity contribution in [1.29, 1.82) is 0 Å². The first kappa shape index (κ1) is 16.8. The maximum absolute atomic E-state index is 12.3. The monoisotopic (exact) mass is 331 g/mol. The topological polar surface area (TPSA) is 79.5 Å². The highest BCUT2D eigenvalue weighted by atomic mass is 16.5. The van der Waals surface area contributed by atoms with E-state index < -0.39 is 6.10 Å². The third-order valence-electron chi connectivity index (χ3n) is 4.89. The summed E-state index contributed by atoms with van der Waals surface area (Å²) in [4.78, 5) is 24.0. The van der Waals surface area contributed by atoms with Gasteiger partial charge in [0.1, 0.15) is 5.75 Å². The zero-order valence-corrected chi connectivity index (χ0v) is 14.2. The number of carbonyl (C=O) groups is 2. The van der Waals surface area contributed by atoms with Crippen molar-refractivity contribution in [2.75, 3.05) is 23.7 Å². The predicted molar refractivity (Wildman–Crippen MR) is 93.2 cm³/mol. The molecule has 2 aliphatic rings. The van der Waals surface area contributed by atoms with Crippen molar-refractivity contribution in [3.05, 3.63) is 18.2 Å². The van der Waals surface area contributed by atoms with Crippen molar-refractivity contribution in [2.24, 2.45) is 11.8 Å². The van der Waals surface area contributed by atoms with Gasteiger partial charge in [-0.1, -0.05) is 6.92 Å². The Balaban J connectivity index is 1.58. The van der Waals surface area contributed by atoms with Gasteiger partial charge in [0.15, 0.2) is 6.10 Å². The molecule has 6 nitrogen and oxygen atoms in total. The zero-order chi connectivity index (χ0) is 17.1. The number of rotatable bonds is 4. The Hall–Kier alpha value is -2.08. The maximum Gasteiger partial charge on any atom is 0.265 e. The second-order valence-corrected chi connectivity index (χ2v) is 6.78. The molecule has 0 aliphatic carbocycles. The van der Waals surface area contributed by atoms with Crippen molar-refractivity contribution >= 4 is 23.2 Å². The van der Waals surface area contributed by atoms with Crippen LogP contribution in [0.3, 0.4) is 0 Å². The Kier molecular flexibility index (Phi) is 5.04. The van der Waals surface area contributed by atoms with Crippen molar-refractivity contribution < 1.29 is 14.3 Å². The lowest BCUT2D eigenvalue weighted by atomic mass is 9.84. The number of ether oxygens (including phenoxy) is 1. The molecule has 1 aromatic carbocycles. The van der Waals surface area contributed by atoms with E-state index in [1.165, 1.54) is 0 Å². The van der Waals surface area contributed by atoms with Gasteiger partial charge in [-0.2, -0.15) is 0 Å². The van der Waals surface area contributed by atoms with Crippen LogP contribution >= 0.6 is 0 Å². The highest BCUT2D eigenvalue weighted by Crippen LogP contribution is 2.32. The van der Waals surface area contributed by atoms with Crippen LogP contribution in [0.4, 0.5) is 11.4 Å². The number of benzene rings is 1. The Morgan fingerprint density at radius 3 is 2.88 bits per heavy atom. The van der Waals surface area contributed by atoms with Gasteiger partial charge in [-0.25, -0.2) is 0 Å². The van der Waals surface area contributed by atoms with E-state index in [1.807, 2.05) is 0 Å². The number of amides is 2. The molecule has 2 amide bonds. The smallest absolute Gasteiger partial charge is 0.265 e. The molecule has 0 spiro atoms. The van der Waals surface area contributed by atoms with Gasteiger partial charge in [-0.15, -0.1) is 0 Å². The summed E-state index contributed by atoms with van der Waals surface area (Å²) in [6.07, 6.45) is 2.29. The standard InChI is InChI=1S/C18H25N3O3/c1-11(13-5-7-19-8-6-13)9-17(22)20-14-3-4-16-15(10-14)21-18(23)12(2)24-16/h3-4,10-13,19H,5-9H2,1-2H3,(H,20,22)(H,21,23). The summed E-state index contributed by atoms with van der Waals surface area (Å²) >= 11 is 0. The van der Waals surface area contributed by atoms with Gasteiger partial charge >= 0.3 is 0 Å². The average Bonchev–Trinajstić information content (AvgIpc) is 2.57. The number of fused-ring (bicyclic) bond motifs is 1. The van der Waals surface area contributed by atoms with Crippen LogP contribution < -0.4 is 20.7 Å². The predicted octanol–water partition coefficient (Wildman–Crippen LogP) is 2.37. The zero-order valence-electron chi connectivity index (χ0n) is 14.2. The molecule has 3 rings (SSSR count). The number of carbonyl (C=O) groups excluding carboxylic acids is 2. The molecule has 130 valence electrons. The Bertz CT molecular complexity index is 626. The van der Waals surface area contributed by atoms with Crippen LogP contribution in [0.2, 0.25) is 0 Å². The fraction of sp³-hybridized carbons (Fsp3) is 0.556. The first-order valence-corrected chi connectivity index (χ1v) is 8.65. The van der Waals surface area contributed by atoms with Crippen LogP contribution in [-0.2, 0) is 9.59 Å². The second-order valence-electron chi connectivity index (χ2n) is 6.78. The van der Waals surface area contributed by atoms with E-state index in [0.29, 0.717) is 35.4 Å². The minimum atomic E-state index is -0.497. The molecule has 1 aromatic rings. The first-order valence-electron chi connectivity index (χ1n) is 8.65. The summed E-state index contributed by atoms with van der Waals surface area (Å²) in [5.74, 6) is 1.44. The van der Waals surface area contributed by atoms with Crippen LogP contribution in [-0.4, -0.2) is 31.0 Å². The lowest BCUT2D eigenvalue weighted by Gasteiger charge is -2.28. The lowest BCUT2D eigenvalue weighted by Crippen LogP contribution is -2.34. The molecule has 2 heterocycles. The third kappa shape index (κ3) is 3.87. The molecule has 0 aromatic heterocycles. The van der Waals surface area contributed by atoms with Gasteiger partial charge in [-0.05, 0) is 62.9 Å². The molecule has 0 saturated carbocycles. The molecule has 2 aliphatic heterocycles. The van der Waals surface area contributed by atoms with E-state index in [1.54, 1.807) is 25.1 Å². The minimum absolute atomic E-state index is 0.0115. The number of anilines is 2. The van der Waals surface area contributed by atoms with Gasteiger partial charge in [-0.3, -0.25) is 9.59 Å². The number of piperidine rings is 1. The molecule has 0 bridgehead atoms. The highest BCUT2D eigenvalue weighted by molar-refractivity contribution is 5.99. The Morgan fingerprint density at radius 1 is 1.38 bits per heavy atom. The molecule has 1 fully saturated rings. The maximum atomic E-state index is 12.3. The molecular formula is C18H25N3O3. The molecule has 2 atom stereocenters. The van der Waals surface area contributed by atoms with E-state index in [0.717, 1.165) is 25.9 Å². The summed E-state index contributed by atoms with van der Waals surface area (Å²) < 4.78 is 5.52. The quantitative estimate of drug-likeness (QED) is 0.791. The summed E-state index contributed by atoms with van der Waals surface area (Å²) in [6.45, 7) is 5.94. The second kappa shape index (κ2) is 7.21. The Labute approximate surface area is 142 Å². The van der Waals surface area contributed by atoms with E-state index in [-0.39, 0.29) is 11.8 Å². The van der Waals surface area contributed by atoms with Gasteiger partial charge in [0.05, 0.1) is 5.69 Å². The summed E-state index contributed by atoms with van der Waals surface area (Å²) in [5, 5.41) is 9.07. The van der Waals surface area contributed by atoms with E-state index in [4.69, 9.17) is 4.74 Å². The van der Waals surface area contributed by atoms with E-state index in [9.17, 15) is 9.59 Å². The van der Waals surface area contributed by atoms with Crippen molar-refractivity contribution in [3.8, 4) is 5.75 Å². The van der Waals surface area contributed by atoms with Crippen LogP contribution in [0.15, 0.2) is 18.2 Å². The summed E-state index contributed by atoms with van der Waals surface area (Å²) in [5.41, 5.74) is 1.28. The minimum Gasteiger partial charge on any atom is -0.479 e. The summed E-state index contributed by atoms with van der Waals surface area (Å²) in [7, 11) is 0. The number of hydrogen-bond acceptors (Lipinski definition) is 4. The normalized spacial score (nSPS) is 22.1. The number of hydrogen-bond donors (Lipinski definition) is 3. The molecular weight excluding hydrogens is 306 g/mol. The molecule has 3 N–H and O–H groups in total. The fourth-order valence-electron chi connectivity index (χ4n) is 3.37. The van der Waals surface area contributed by atoms with E-state index >= 15 is 0 Å². The van der Waals surface area contributed by atoms with Crippen molar-refractivity contribution in [3.63, 3.8) is 0 Å². The van der Waals surface area contributed by atoms with Crippen molar-refractivity contribution in [2.45, 2.75) is 39.2 Å². The number of nitrogens with one attached hydrogen (secondary N) is 3. The van der Waals surface area contributed by atoms with Gasteiger partial charge in [0.25, 0.3) is 5.91 Å². The molecule has 2 unspecified atom stereocenters. The van der Waals surface area contributed by atoms with Crippen LogP contribution in [0, 0.1) is 11.8 Å². The fourth-order valence-corrected chi connectivity index (χ4v) is 3.37. The van der Waals surface area contributed by atoms with Crippen LogP contribution in [0.25, 0.3) is 0 Å². The largest absolute Gasteiger partial charge is 0.479 e. The molecule has 6 heteroatoms. The summed E-state index contributed by atoms with van der Waals surface area (Å²) in [6, 6.07) is 5.32. The molecule has 1 saturated heterocycles. The Morgan fingerprint density at radius 2 is 2.12 bits per heavy atom. The third-order valence-corrected chi connectivity index (χ3v) is 4.89. The van der Waals surface area contributed by atoms with Gasteiger partial charge in [0.2, 0.25) is 5.91 Å². The molecule has 0 radical (unpaired) electrons. The molecule has 24 heavy (non-hydrogen) atoms. The van der Waals surface area contributed by atoms with Crippen molar-refractivity contribution in [1.82, 2.24) is 5.32 Å². The first-order chi connectivity index (χ1) is 11.5. The lowest BCUT2D eigenvalue weighted by molar-refractivity contribution is -0.122. The van der Waals surface area contributed by atoms with E-state index in [2.05, 4.69) is 22.9 Å². The van der Waals surface area contributed by atoms with Crippen LogP contribution in [0.1, 0.15) is 33.1 Å².